The minimum absolute atomic E-state index is 0.103. The van der Waals surface area contributed by atoms with Crippen molar-refractivity contribution in [1.29, 1.82) is 0 Å². The molecule has 1 aromatic carbocycles. The lowest BCUT2D eigenvalue weighted by molar-refractivity contribution is -0.136. The molecule has 2 N–H and O–H groups in total. The molecule has 1 aliphatic heterocycles. The summed E-state index contributed by atoms with van der Waals surface area (Å²) in [6, 6.07) is 10.6. The van der Waals surface area contributed by atoms with E-state index in [1.165, 1.54) is 28.4 Å². The molecular formula is C22H22N2O4S. The Bertz CT molecular complexity index is 926. The Balaban J connectivity index is 1.36. The molecule has 0 radical (unpaired) electrons. The molecule has 1 aliphatic rings. The number of amides is 3. The molecule has 0 spiro atoms. The van der Waals surface area contributed by atoms with Crippen LogP contribution in [0.15, 0.2) is 48.6 Å². The molecule has 6 nitrogen and oxygen atoms in total. The van der Waals surface area contributed by atoms with Gasteiger partial charge in [-0.05, 0) is 55.2 Å². The number of nitrogens with one attached hydrogen (secondary N) is 1. The average molecular weight is 410 g/mol. The first-order valence-electron chi connectivity index (χ1n) is 9.41. The Hall–Kier alpha value is -3.19. The van der Waals surface area contributed by atoms with E-state index in [1.54, 1.807) is 18.2 Å². The number of phenols is 1. The highest BCUT2D eigenvalue weighted by Gasteiger charge is 2.22. The highest BCUT2D eigenvalue weighted by atomic mass is 32.1. The van der Waals surface area contributed by atoms with Gasteiger partial charge in [0.25, 0.3) is 17.7 Å². The van der Waals surface area contributed by atoms with Crippen molar-refractivity contribution in [2.45, 2.75) is 19.3 Å². The van der Waals surface area contributed by atoms with Gasteiger partial charge in [0.15, 0.2) is 0 Å². The topological polar surface area (TPSA) is 86.7 Å². The van der Waals surface area contributed by atoms with Crippen molar-refractivity contribution in [3.63, 3.8) is 0 Å². The summed E-state index contributed by atoms with van der Waals surface area (Å²) in [5, 5.41) is 12.2. The number of carbonyl (C=O) groups excluding carboxylic acids is 3. The van der Waals surface area contributed by atoms with Gasteiger partial charge in [-0.1, -0.05) is 18.2 Å². The molecule has 29 heavy (non-hydrogen) atoms. The number of benzene rings is 1. The van der Waals surface area contributed by atoms with Crippen molar-refractivity contribution in [3.8, 4) is 5.75 Å². The van der Waals surface area contributed by atoms with E-state index < -0.39 is 0 Å². The number of hydrogen-bond donors (Lipinski definition) is 2. The zero-order chi connectivity index (χ0) is 20.6. The number of nitrogens with zero attached hydrogens (tertiary/aromatic N) is 1. The average Bonchev–Trinajstić information content (AvgIpc) is 3.31. The summed E-state index contributed by atoms with van der Waals surface area (Å²) in [6.07, 6.45) is 8.77. The minimum atomic E-state index is -0.253. The van der Waals surface area contributed by atoms with Crippen LogP contribution in [0.5, 0.6) is 5.75 Å². The lowest BCUT2D eigenvalue weighted by Crippen LogP contribution is -2.31. The molecule has 2 aromatic rings. The molecule has 0 saturated carbocycles. The molecule has 0 bridgehead atoms. The van der Waals surface area contributed by atoms with E-state index in [9.17, 15) is 19.5 Å². The Kier molecular flexibility index (Phi) is 6.97. The largest absolute Gasteiger partial charge is 0.508 e. The second kappa shape index (κ2) is 9.84. The Morgan fingerprint density at radius 2 is 1.69 bits per heavy atom. The number of rotatable bonds is 9. The van der Waals surface area contributed by atoms with Crippen LogP contribution in [0.25, 0.3) is 12.2 Å². The van der Waals surface area contributed by atoms with E-state index in [0.29, 0.717) is 18.0 Å². The Morgan fingerprint density at radius 3 is 2.41 bits per heavy atom. The molecule has 0 aliphatic carbocycles. The number of phenolic OH excluding ortho intramolecular Hbond substituents is 1. The minimum Gasteiger partial charge on any atom is -0.508 e. The Labute approximate surface area is 173 Å². The van der Waals surface area contributed by atoms with Gasteiger partial charge in [-0.25, -0.2) is 0 Å². The summed E-state index contributed by atoms with van der Waals surface area (Å²) in [5.41, 5.74) is 0.968. The lowest BCUT2D eigenvalue weighted by Gasteiger charge is -2.13. The fourth-order valence-corrected chi connectivity index (χ4v) is 3.67. The number of thiophene rings is 1. The van der Waals surface area contributed by atoms with Crippen LogP contribution in [0, 0.1) is 0 Å². The van der Waals surface area contributed by atoms with Crippen molar-refractivity contribution in [1.82, 2.24) is 10.2 Å². The normalized spacial score (nSPS) is 13.6. The molecular weight excluding hydrogens is 388 g/mol. The first-order chi connectivity index (χ1) is 14.0. The molecule has 150 valence electrons. The molecule has 3 rings (SSSR count). The maximum absolute atomic E-state index is 12.2. The molecule has 0 atom stereocenters. The number of hydrogen-bond acceptors (Lipinski definition) is 5. The fraction of sp³-hybridized carbons (Fsp3) is 0.227. The number of carbonyl (C=O) groups is 3. The Morgan fingerprint density at radius 1 is 0.966 bits per heavy atom. The summed E-state index contributed by atoms with van der Waals surface area (Å²) >= 11 is 1.41. The van der Waals surface area contributed by atoms with E-state index >= 15 is 0 Å². The van der Waals surface area contributed by atoms with E-state index in [1.807, 2.05) is 30.4 Å². The van der Waals surface area contributed by atoms with Crippen LogP contribution >= 0.6 is 11.3 Å². The third-order valence-electron chi connectivity index (χ3n) is 4.43. The monoisotopic (exact) mass is 410 g/mol. The molecule has 0 fully saturated rings. The van der Waals surface area contributed by atoms with Gasteiger partial charge in [0.05, 0.1) is 4.88 Å². The van der Waals surface area contributed by atoms with Gasteiger partial charge in [0, 0.05) is 30.1 Å². The second-order valence-corrected chi connectivity index (χ2v) is 7.72. The zero-order valence-corrected chi connectivity index (χ0v) is 16.7. The van der Waals surface area contributed by atoms with Crippen LogP contribution in [0.2, 0.25) is 0 Å². The third-order valence-corrected chi connectivity index (χ3v) is 5.48. The van der Waals surface area contributed by atoms with Crippen molar-refractivity contribution in [2.24, 2.45) is 0 Å². The van der Waals surface area contributed by atoms with Crippen LogP contribution in [0.1, 0.15) is 39.4 Å². The van der Waals surface area contributed by atoms with E-state index in [0.717, 1.165) is 29.7 Å². The first kappa shape index (κ1) is 20.5. The number of unbranched alkanes of at least 4 members (excludes halogenated alkanes) is 2. The SMILES string of the molecule is O=C(NCCCCCN1C(=O)C=CC1=O)c1ccc(/C=C/c2ccc(O)cc2)s1. The van der Waals surface area contributed by atoms with Crippen LogP contribution in [0.4, 0.5) is 0 Å². The van der Waals surface area contributed by atoms with Crippen LogP contribution in [-0.2, 0) is 9.59 Å². The molecule has 7 heteroatoms. The molecule has 3 amide bonds. The molecule has 1 aromatic heterocycles. The van der Waals surface area contributed by atoms with Crippen LogP contribution < -0.4 is 5.32 Å². The van der Waals surface area contributed by atoms with Gasteiger partial charge in [0.2, 0.25) is 0 Å². The maximum Gasteiger partial charge on any atom is 0.261 e. The van der Waals surface area contributed by atoms with Gasteiger partial charge in [-0.15, -0.1) is 11.3 Å². The van der Waals surface area contributed by atoms with E-state index in [-0.39, 0.29) is 23.5 Å². The summed E-state index contributed by atoms with van der Waals surface area (Å²) in [6.45, 7) is 0.968. The number of aromatic hydroxyl groups is 1. The quantitative estimate of drug-likeness (QED) is 0.490. The lowest BCUT2D eigenvalue weighted by atomic mass is 10.2. The summed E-state index contributed by atoms with van der Waals surface area (Å²) in [4.78, 5) is 38.0. The van der Waals surface area contributed by atoms with Crippen molar-refractivity contribution < 1.29 is 19.5 Å². The highest BCUT2D eigenvalue weighted by molar-refractivity contribution is 7.14. The predicted octanol–water partition coefficient (Wildman–Crippen LogP) is 3.45. The van der Waals surface area contributed by atoms with E-state index in [2.05, 4.69) is 5.32 Å². The van der Waals surface area contributed by atoms with Gasteiger partial charge >= 0.3 is 0 Å². The standard InChI is InChI=1S/C22H22N2O4S/c25-17-7-4-16(5-8-17)6-9-18-10-11-19(29-18)22(28)23-14-2-1-3-15-24-20(26)12-13-21(24)27/h4-13,25H,1-3,14-15H2,(H,23,28)/b9-6+. The third kappa shape index (κ3) is 5.89. The van der Waals surface area contributed by atoms with Crippen LogP contribution in [0.3, 0.4) is 0 Å². The van der Waals surface area contributed by atoms with Crippen molar-refractivity contribution in [2.75, 3.05) is 13.1 Å². The first-order valence-corrected chi connectivity index (χ1v) is 10.2. The maximum atomic E-state index is 12.2. The van der Waals surface area contributed by atoms with E-state index in [4.69, 9.17) is 0 Å². The highest BCUT2D eigenvalue weighted by Crippen LogP contribution is 2.20. The van der Waals surface area contributed by atoms with Crippen molar-refractivity contribution in [3.05, 3.63) is 63.9 Å². The van der Waals surface area contributed by atoms with Gasteiger partial charge in [0.1, 0.15) is 5.75 Å². The van der Waals surface area contributed by atoms with Crippen molar-refractivity contribution >= 4 is 41.2 Å². The second-order valence-electron chi connectivity index (χ2n) is 6.60. The molecule has 0 unspecified atom stereocenters. The van der Waals surface area contributed by atoms with Gasteiger partial charge in [-0.3, -0.25) is 19.3 Å². The zero-order valence-electron chi connectivity index (χ0n) is 15.8. The fourth-order valence-electron chi connectivity index (χ4n) is 2.84. The smallest absolute Gasteiger partial charge is 0.261 e. The number of imide groups is 1. The van der Waals surface area contributed by atoms with Crippen LogP contribution in [-0.4, -0.2) is 40.8 Å². The summed E-state index contributed by atoms with van der Waals surface area (Å²) < 4.78 is 0. The summed E-state index contributed by atoms with van der Waals surface area (Å²) in [7, 11) is 0. The van der Waals surface area contributed by atoms with Gasteiger partial charge in [-0.2, -0.15) is 0 Å². The predicted molar refractivity (Wildman–Crippen MR) is 113 cm³/mol. The molecule has 0 saturated heterocycles. The van der Waals surface area contributed by atoms with Gasteiger partial charge < -0.3 is 10.4 Å². The molecule has 2 heterocycles. The summed E-state index contributed by atoms with van der Waals surface area (Å²) in [5.74, 6) is -0.381.